The lowest BCUT2D eigenvalue weighted by Crippen LogP contribution is -2.48. The Morgan fingerprint density at radius 3 is 2.06 bits per heavy atom. The Labute approximate surface area is 96.0 Å². The number of aliphatic hydroxyl groups excluding tert-OH is 1. The van der Waals surface area contributed by atoms with E-state index in [1.165, 1.54) is 0 Å². The van der Waals surface area contributed by atoms with Gasteiger partial charge in [0.2, 0.25) is 10.0 Å². The number of sulfonamides is 1. The lowest BCUT2D eigenvalue weighted by Gasteiger charge is -2.24. The molecule has 8 heteroatoms. The van der Waals surface area contributed by atoms with E-state index >= 15 is 0 Å². The molecule has 0 bridgehead atoms. The maximum atomic E-state index is 11.8. The molecule has 6 nitrogen and oxygen atoms in total. The third kappa shape index (κ3) is 3.41. The van der Waals surface area contributed by atoms with E-state index < -0.39 is 48.3 Å². The largest absolute Gasteiger partial charge is 0.391 e. The van der Waals surface area contributed by atoms with Crippen LogP contribution in [0, 0.1) is 0 Å². The van der Waals surface area contributed by atoms with E-state index in [1.807, 2.05) is 0 Å². The second-order valence-electron chi connectivity index (χ2n) is 5.08. The lowest BCUT2D eigenvalue weighted by atomic mass is 10.1. The summed E-state index contributed by atoms with van der Waals surface area (Å²) >= 11 is 0. The molecule has 0 unspecified atom stereocenters. The smallest absolute Gasteiger partial charge is 0.218 e. The molecule has 0 aromatic heterocycles. The first-order chi connectivity index (χ1) is 6.93. The van der Waals surface area contributed by atoms with Crippen molar-refractivity contribution in [2.75, 3.05) is 11.5 Å². The second kappa shape index (κ2) is 3.94. The zero-order valence-electron chi connectivity index (χ0n) is 9.47. The zero-order valence-corrected chi connectivity index (χ0v) is 11.1. The first kappa shape index (κ1) is 13.9. The Hall–Kier alpha value is -0.180. The second-order valence-corrected chi connectivity index (χ2v) is 9.13. The maximum absolute atomic E-state index is 11.8. The van der Waals surface area contributed by atoms with Gasteiger partial charge in [-0.15, -0.1) is 0 Å². The molecule has 96 valence electrons. The predicted octanol–water partition coefficient (Wildman–Crippen LogP) is -1.14. The summed E-state index contributed by atoms with van der Waals surface area (Å²) in [6.07, 6.45) is -1.34. The van der Waals surface area contributed by atoms with Crippen LogP contribution in [0.4, 0.5) is 0 Å². The summed E-state index contributed by atoms with van der Waals surface area (Å²) in [5.74, 6) is -0.998. The van der Waals surface area contributed by atoms with Crippen LogP contribution in [0.1, 0.15) is 20.8 Å². The Bertz CT molecular complexity index is 459. The fourth-order valence-electron chi connectivity index (χ4n) is 1.60. The lowest BCUT2D eigenvalue weighted by molar-refractivity contribution is 0.203. The van der Waals surface area contributed by atoms with E-state index in [0.717, 1.165) is 0 Å². The van der Waals surface area contributed by atoms with Crippen LogP contribution in [0.3, 0.4) is 0 Å². The van der Waals surface area contributed by atoms with Crippen LogP contribution < -0.4 is 4.72 Å². The predicted molar refractivity (Wildman–Crippen MR) is 60.3 cm³/mol. The fraction of sp³-hybridized carbons (Fsp3) is 1.00. The van der Waals surface area contributed by atoms with Crippen LogP contribution in [0.2, 0.25) is 0 Å². The minimum absolute atomic E-state index is 0.483. The summed E-state index contributed by atoms with van der Waals surface area (Å²) in [4.78, 5) is 0. The molecule has 1 aliphatic heterocycles. The van der Waals surface area contributed by atoms with Crippen molar-refractivity contribution in [1.82, 2.24) is 4.72 Å². The topological polar surface area (TPSA) is 101 Å². The minimum atomic E-state index is -3.82. The van der Waals surface area contributed by atoms with Crippen LogP contribution in [-0.2, 0) is 19.9 Å². The molecule has 1 aliphatic rings. The first-order valence-corrected chi connectivity index (χ1v) is 8.21. The van der Waals surface area contributed by atoms with Crippen LogP contribution in [0.25, 0.3) is 0 Å². The Morgan fingerprint density at radius 2 is 1.75 bits per heavy atom. The van der Waals surface area contributed by atoms with E-state index in [0.29, 0.717) is 0 Å². The molecule has 0 spiro atoms. The zero-order chi connectivity index (χ0) is 12.8. The van der Waals surface area contributed by atoms with E-state index in [-0.39, 0.29) is 0 Å². The molecule has 0 aromatic rings. The average Bonchev–Trinajstić information content (AvgIpc) is 2.19. The summed E-state index contributed by atoms with van der Waals surface area (Å²) in [5.41, 5.74) is -0.690. The van der Waals surface area contributed by atoms with Gasteiger partial charge in [-0.05, 0) is 20.8 Å². The van der Waals surface area contributed by atoms with Crippen LogP contribution in [-0.4, -0.2) is 50.3 Å². The van der Waals surface area contributed by atoms with Gasteiger partial charge in [-0.2, -0.15) is 0 Å². The molecule has 2 N–H and O–H groups in total. The van der Waals surface area contributed by atoms with Crippen molar-refractivity contribution in [3.8, 4) is 0 Å². The van der Waals surface area contributed by atoms with Crippen molar-refractivity contribution < 1.29 is 21.9 Å². The molecule has 0 aromatic carbocycles. The van der Waals surface area contributed by atoms with Gasteiger partial charge in [0.25, 0.3) is 0 Å². The normalized spacial score (nSPS) is 30.5. The molecule has 1 rings (SSSR count). The molecule has 1 heterocycles. The molecule has 2 atom stereocenters. The van der Waals surface area contributed by atoms with Crippen LogP contribution >= 0.6 is 0 Å². The van der Waals surface area contributed by atoms with E-state index in [9.17, 15) is 21.9 Å². The number of hydrogen-bond donors (Lipinski definition) is 2. The number of rotatable bonds is 2. The van der Waals surface area contributed by atoms with Gasteiger partial charge >= 0.3 is 0 Å². The molecule has 1 fully saturated rings. The van der Waals surface area contributed by atoms with Gasteiger partial charge in [0.15, 0.2) is 9.84 Å². The summed E-state index contributed by atoms with van der Waals surface area (Å²) < 4.78 is 48.4. The van der Waals surface area contributed by atoms with Crippen molar-refractivity contribution in [2.45, 2.75) is 37.7 Å². The number of sulfone groups is 1. The molecule has 16 heavy (non-hydrogen) atoms. The molecule has 0 saturated carbocycles. The number of hydrogen-bond acceptors (Lipinski definition) is 5. The number of nitrogens with one attached hydrogen (secondary N) is 1. The Balaban J connectivity index is 2.95. The third-order valence-corrected chi connectivity index (χ3v) is 6.22. The third-order valence-electron chi connectivity index (χ3n) is 2.12. The van der Waals surface area contributed by atoms with Crippen molar-refractivity contribution >= 4 is 19.9 Å². The van der Waals surface area contributed by atoms with Crippen LogP contribution in [0.15, 0.2) is 0 Å². The van der Waals surface area contributed by atoms with Gasteiger partial charge in [0.05, 0.1) is 17.6 Å². The maximum Gasteiger partial charge on any atom is 0.218 e. The molecular weight excluding hydrogens is 254 g/mol. The molecule has 0 amide bonds. The van der Waals surface area contributed by atoms with E-state index in [2.05, 4.69) is 4.72 Å². The fourth-order valence-corrected chi connectivity index (χ4v) is 6.18. The Morgan fingerprint density at radius 1 is 1.25 bits per heavy atom. The van der Waals surface area contributed by atoms with Gasteiger partial charge in [-0.25, -0.2) is 21.6 Å². The van der Waals surface area contributed by atoms with Gasteiger partial charge in [-0.3, -0.25) is 0 Å². The van der Waals surface area contributed by atoms with Crippen molar-refractivity contribution in [3.63, 3.8) is 0 Å². The van der Waals surface area contributed by atoms with Gasteiger partial charge in [-0.1, -0.05) is 0 Å². The quantitative estimate of drug-likeness (QED) is 0.661. The molecule has 0 radical (unpaired) electrons. The highest BCUT2D eigenvalue weighted by atomic mass is 32.2. The Kier molecular flexibility index (Phi) is 3.41. The highest BCUT2D eigenvalue weighted by molar-refractivity contribution is 7.95. The highest BCUT2D eigenvalue weighted by Crippen LogP contribution is 2.20. The highest BCUT2D eigenvalue weighted by Gasteiger charge is 2.45. The van der Waals surface area contributed by atoms with Crippen molar-refractivity contribution in [1.29, 1.82) is 0 Å². The van der Waals surface area contributed by atoms with Gasteiger partial charge in [0, 0.05) is 5.54 Å². The van der Waals surface area contributed by atoms with Gasteiger partial charge in [0.1, 0.15) is 5.25 Å². The average molecular weight is 271 g/mol. The monoisotopic (exact) mass is 271 g/mol. The standard InChI is InChI=1S/C8H17NO5S2/c1-8(2,3)9-16(13,14)7-5-15(11,12)4-6(7)10/h6-7,9-10H,4-5H2,1-3H3/t6-,7-/m1/s1. The van der Waals surface area contributed by atoms with Crippen LogP contribution in [0.5, 0.6) is 0 Å². The first-order valence-electron chi connectivity index (χ1n) is 4.84. The summed E-state index contributed by atoms with van der Waals surface area (Å²) in [5, 5.41) is 8.19. The summed E-state index contributed by atoms with van der Waals surface area (Å²) in [7, 11) is -7.27. The molecular formula is C8H17NO5S2. The van der Waals surface area contributed by atoms with Crippen molar-refractivity contribution in [3.05, 3.63) is 0 Å². The summed E-state index contributed by atoms with van der Waals surface area (Å²) in [6.45, 7) is 4.96. The number of aliphatic hydroxyl groups is 1. The minimum Gasteiger partial charge on any atom is -0.391 e. The van der Waals surface area contributed by atoms with Crippen molar-refractivity contribution in [2.24, 2.45) is 0 Å². The molecule has 0 aliphatic carbocycles. The molecule has 1 saturated heterocycles. The van der Waals surface area contributed by atoms with E-state index in [4.69, 9.17) is 0 Å². The summed E-state index contributed by atoms with van der Waals surface area (Å²) in [6, 6.07) is 0. The SMILES string of the molecule is CC(C)(C)NS(=O)(=O)[C@@H]1CS(=O)(=O)C[C@H]1O. The van der Waals surface area contributed by atoms with E-state index in [1.54, 1.807) is 20.8 Å². The van der Waals surface area contributed by atoms with Gasteiger partial charge < -0.3 is 5.11 Å².